The Morgan fingerprint density at radius 1 is 1.06 bits per heavy atom. The predicted molar refractivity (Wildman–Crippen MR) is 130 cm³/mol. The molecule has 2 aromatic carbocycles. The van der Waals surface area contributed by atoms with Crippen molar-refractivity contribution in [3.63, 3.8) is 0 Å². The van der Waals surface area contributed by atoms with Gasteiger partial charge in [-0.05, 0) is 69.0 Å². The summed E-state index contributed by atoms with van der Waals surface area (Å²) in [6.07, 6.45) is 4.35. The molecule has 4 aromatic rings. The first kappa shape index (κ1) is 20.0. The monoisotopic (exact) mass is 476 g/mol. The van der Waals surface area contributed by atoms with Crippen molar-refractivity contribution in [1.82, 2.24) is 19.7 Å². The number of hydrogen-bond acceptors (Lipinski definition) is 5. The lowest BCUT2D eigenvalue weighted by Crippen LogP contribution is -2.19. The van der Waals surface area contributed by atoms with E-state index in [1.807, 2.05) is 36.0 Å². The average molecular weight is 477 g/mol. The molecule has 0 unspecified atom stereocenters. The van der Waals surface area contributed by atoms with E-state index < -0.39 is 0 Å². The summed E-state index contributed by atoms with van der Waals surface area (Å²) in [6, 6.07) is 14.5. The van der Waals surface area contributed by atoms with E-state index in [1.54, 1.807) is 0 Å². The Morgan fingerprint density at radius 2 is 1.90 bits per heavy atom. The molecule has 0 saturated carbocycles. The summed E-state index contributed by atoms with van der Waals surface area (Å²) in [5.41, 5.74) is 6.61. The molecule has 1 aliphatic rings. The van der Waals surface area contributed by atoms with Gasteiger partial charge in [-0.2, -0.15) is 10.1 Å². The second kappa shape index (κ2) is 7.96. The number of anilines is 4. The molecule has 6 nitrogen and oxygen atoms in total. The summed E-state index contributed by atoms with van der Waals surface area (Å²) in [4.78, 5) is 12.0. The zero-order chi connectivity index (χ0) is 21.5. The molecule has 0 radical (unpaired) electrons. The third-order valence-electron chi connectivity index (χ3n) is 6.06. The van der Waals surface area contributed by atoms with Crippen LogP contribution in [0.3, 0.4) is 0 Å². The highest BCUT2D eigenvalue weighted by Crippen LogP contribution is 2.34. The molecule has 0 fully saturated rings. The molecule has 0 aliphatic heterocycles. The first-order valence-electron chi connectivity index (χ1n) is 10.6. The Hall–Kier alpha value is -2.93. The topological polar surface area (TPSA) is 58.9 Å². The van der Waals surface area contributed by atoms with Crippen LogP contribution in [0.5, 0.6) is 0 Å². The Morgan fingerprint density at radius 3 is 2.74 bits per heavy atom. The number of aromatic nitrogens is 4. The highest BCUT2D eigenvalue weighted by Gasteiger charge is 2.21. The molecule has 0 bridgehead atoms. The predicted octanol–water partition coefficient (Wildman–Crippen LogP) is 5.82. The summed E-state index contributed by atoms with van der Waals surface area (Å²) in [5.74, 6) is 1.60. The van der Waals surface area contributed by atoms with Crippen LogP contribution in [0.4, 0.5) is 23.1 Å². The fourth-order valence-electron chi connectivity index (χ4n) is 4.25. The summed E-state index contributed by atoms with van der Waals surface area (Å²) < 4.78 is 2.95. The molecule has 2 aromatic heterocycles. The van der Waals surface area contributed by atoms with Crippen LogP contribution < -0.4 is 10.2 Å². The van der Waals surface area contributed by atoms with Gasteiger partial charge >= 0.3 is 0 Å². The number of benzene rings is 2. The van der Waals surface area contributed by atoms with Gasteiger partial charge in [-0.3, -0.25) is 4.68 Å². The van der Waals surface area contributed by atoms with Gasteiger partial charge in [0.2, 0.25) is 5.95 Å². The van der Waals surface area contributed by atoms with Crippen molar-refractivity contribution in [2.24, 2.45) is 7.05 Å². The molecule has 1 N–H and O–H groups in total. The average Bonchev–Trinajstić information content (AvgIpc) is 3.05. The molecular weight excluding hydrogens is 452 g/mol. The summed E-state index contributed by atoms with van der Waals surface area (Å²) in [6.45, 7) is 2.10. The van der Waals surface area contributed by atoms with E-state index in [0.717, 1.165) is 45.7 Å². The first-order chi connectivity index (χ1) is 15.0. The summed E-state index contributed by atoms with van der Waals surface area (Å²) >= 11 is 3.53. The zero-order valence-electron chi connectivity index (χ0n) is 18.0. The molecule has 31 heavy (non-hydrogen) atoms. The Bertz CT molecular complexity index is 1280. The molecule has 0 spiro atoms. The van der Waals surface area contributed by atoms with Gasteiger partial charge < -0.3 is 10.2 Å². The molecule has 0 saturated heterocycles. The van der Waals surface area contributed by atoms with E-state index in [2.05, 4.69) is 63.4 Å². The van der Waals surface area contributed by atoms with E-state index in [-0.39, 0.29) is 0 Å². The minimum absolute atomic E-state index is 0.635. The maximum Gasteiger partial charge on any atom is 0.229 e. The fraction of sp³-hybridized carbons (Fsp3) is 0.292. The lowest BCUT2D eigenvalue weighted by atomic mass is 9.96. The molecule has 158 valence electrons. The Kier molecular flexibility index (Phi) is 5.14. The highest BCUT2D eigenvalue weighted by atomic mass is 79.9. The van der Waals surface area contributed by atoms with Crippen LogP contribution in [-0.4, -0.2) is 26.8 Å². The van der Waals surface area contributed by atoms with Gasteiger partial charge in [-0.25, -0.2) is 4.98 Å². The van der Waals surface area contributed by atoms with Gasteiger partial charge in [0.05, 0.1) is 11.2 Å². The molecule has 7 heteroatoms. The SMILES string of the molecule is Cc1c2ccc(N(C)c3nc(Nc4cccc(Br)c4)nc4c3CCCC4)cc2nn1C. The van der Waals surface area contributed by atoms with E-state index in [4.69, 9.17) is 9.97 Å². The summed E-state index contributed by atoms with van der Waals surface area (Å²) in [7, 11) is 4.07. The van der Waals surface area contributed by atoms with Crippen molar-refractivity contribution in [3.05, 3.63) is 63.9 Å². The standard InChI is InChI=1S/C24H25BrN6/c1-15-19-12-11-18(14-22(19)29-31(15)3)30(2)23-20-9-4-5-10-21(20)27-24(28-23)26-17-8-6-7-16(25)13-17/h6-8,11-14H,4-5,9-10H2,1-3H3,(H,26,27,28). The third-order valence-corrected chi connectivity index (χ3v) is 6.55. The van der Waals surface area contributed by atoms with Crippen LogP contribution >= 0.6 is 15.9 Å². The van der Waals surface area contributed by atoms with Crippen LogP contribution in [0.15, 0.2) is 46.9 Å². The van der Waals surface area contributed by atoms with Gasteiger partial charge in [0.1, 0.15) is 5.82 Å². The number of aryl methyl sites for hydroxylation is 3. The minimum Gasteiger partial charge on any atom is -0.329 e. The largest absolute Gasteiger partial charge is 0.329 e. The Labute approximate surface area is 190 Å². The van der Waals surface area contributed by atoms with Crippen LogP contribution in [0.1, 0.15) is 29.8 Å². The maximum atomic E-state index is 4.95. The lowest BCUT2D eigenvalue weighted by molar-refractivity contribution is 0.663. The number of nitrogens with zero attached hydrogens (tertiary/aromatic N) is 5. The number of halogens is 1. The number of rotatable bonds is 4. The second-order valence-corrected chi connectivity index (χ2v) is 9.02. The van der Waals surface area contributed by atoms with Gasteiger partial charge in [0.25, 0.3) is 0 Å². The third kappa shape index (κ3) is 3.78. The second-order valence-electron chi connectivity index (χ2n) is 8.11. The van der Waals surface area contributed by atoms with Crippen molar-refractivity contribution in [3.8, 4) is 0 Å². The number of fused-ring (bicyclic) bond motifs is 2. The van der Waals surface area contributed by atoms with Crippen LogP contribution in [0, 0.1) is 6.92 Å². The summed E-state index contributed by atoms with van der Waals surface area (Å²) in [5, 5.41) is 9.23. The Balaban J connectivity index is 1.56. The zero-order valence-corrected chi connectivity index (χ0v) is 19.6. The molecule has 5 rings (SSSR count). The molecule has 1 aliphatic carbocycles. The van der Waals surface area contributed by atoms with Crippen LogP contribution in [-0.2, 0) is 19.9 Å². The van der Waals surface area contributed by atoms with Gasteiger partial charge in [-0.1, -0.05) is 22.0 Å². The van der Waals surface area contributed by atoms with E-state index in [0.29, 0.717) is 5.95 Å². The van der Waals surface area contributed by atoms with Crippen molar-refractivity contribution in [1.29, 1.82) is 0 Å². The molecule has 0 amide bonds. The van der Waals surface area contributed by atoms with Gasteiger partial charge in [0, 0.05) is 46.6 Å². The van der Waals surface area contributed by atoms with E-state index in [9.17, 15) is 0 Å². The molecular formula is C24H25BrN6. The quantitative estimate of drug-likeness (QED) is 0.401. The van der Waals surface area contributed by atoms with Crippen LogP contribution in [0.25, 0.3) is 10.9 Å². The van der Waals surface area contributed by atoms with Crippen LogP contribution in [0.2, 0.25) is 0 Å². The van der Waals surface area contributed by atoms with E-state index >= 15 is 0 Å². The van der Waals surface area contributed by atoms with Crippen molar-refractivity contribution in [2.75, 3.05) is 17.3 Å². The first-order valence-corrected chi connectivity index (χ1v) is 11.4. The normalized spacial score (nSPS) is 13.3. The highest BCUT2D eigenvalue weighted by molar-refractivity contribution is 9.10. The van der Waals surface area contributed by atoms with Crippen molar-refractivity contribution < 1.29 is 0 Å². The van der Waals surface area contributed by atoms with Gasteiger partial charge in [0.15, 0.2) is 0 Å². The molecule has 2 heterocycles. The van der Waals surface area contributed by atoms with E-state index in [1.165, 1.54) is 29.5 Å². The smallest absolute Gasteiger partial charge is 0.229 e. The maximum absolute atomic E-state index is 4.95. The van der Waals surface area contributed by atoms with Gasteiger partial charge in [-0.15, -0.1) is 0 Å². The minimum atomic E-state index is 0.635. The lowest BCUT2D eigenvalue weighted by Gasteiger charge is -2.26. The fourth-order valence-corrected chi connectivity index (χ4v) is 4.65. The number of hydrogen-bond donors (Lipinski definition) is 1. The van der Waals surface area contributed by atoms with Crippen molar-refractivity contribution in [2.45, 2.75) is 32.6 Å². The van der Waals surface area contributed by atoms with Crippen molar-refractivity contribution >= 4 is 50.0 Å². The number of nitrogens with one attached hydrogen (secondary N) is 1. The molecule has 0 atom stereocenters.